The fourth-order valence-electron chi connectivity index (χ4n) is 12.8. The molecular formula is C54H66N4O14S. The highest BCUT2D eigenvalue weighted by atomic mass is 32.2. The zero-order valence-corrected chi connectivity index (χ0v) is 42.6. The summed E-state index contributed by atoms with van der Waals surface area (Å²) in [5.74, 6) is -2.09. The molecule has 18 nitrogen and oxygen atoms in total. The normalized spacial score (nSPS) is 26.1. The van der Waals surface area contributed by atoms with Crippen LogP contribution < -0.4 is 19.9 Å². The zero-order valence-electron chi connectivity index (χ0n) is 41.8. The number of oxime groups is 1. The maximum atomic E-state index is 14.2. The lowest BCUT2D eigenvalue weighted by molar-refractivity contribution is -0.645. The van der Waals surface area contributed by atoms with Gasteiger partial charge in [0.2, 0.25) is 11.0 Å². The van der Waals surface area contributed by atoms with Crippen LogP contribution in [0.2, 0.25) is 0 Å². The Bertz CT molecular complexity index is 2900. The summed E-state index contributed by atoms with van der Waals surface area (Å²) in [4.78, 5) is 58.3. The van der Waals surface area contributed by atoms with Gasteiger partial charge in [0.25, 0.3) is 11.8 Å². The first-order valence-corrected chi connectivity index (χ1v) is 26.6. The number of amides is 2. The van der Waals surface area contributed by atoms with Crippen molar-refractivity contribution in [3.63, 3.8) is 0 Å². The molecule has 3 aromatic carbocycles. The second-order valence-electron chi connectivity index (χ2n) is 20.4. The maximum absolute atomic E-state index is 14.2. The van der Waals surface area contributed by atoms with Crippen molar-refractivity contribution in [2.24, 2.45) is 33.7 Å². The van der Waals surface area contributed by atoms with Gasteiger partial charge in [-0.05, 0) is 111 Å². The number of carbonyl (C=O) groups is 4. The lowest BCUT2D eigenvalue weighted by Crippen LogP contribution is -2.62. The molecule has 4 aliphatic carbocycles. The van der Waals surface area contributed by atoms with E-state index in [0.717, 1.165) is 25.0 Å². The number of aliphatic hydroxyl groups is 3. The first kappa shape index (κ1) is 53.6. The predicted molar refractivity (Wildman–Crippen MR) is 267 cm³/mol. The van der Waals surface area contributed by atoms with E-state index in [1.54, 1.807) is 43.3 Å². The number of pyridine rings is 1. The van der Waals surface area contributed by atoms with Gasteiger partial charge in [0.1, 0.15) is 18.0 Å². The van der Waals surface area contributed by atoms with Gasteiger partial charge in [0.15, 0.2) is 18.9 Å². The number of aromatic nitrogens is 1. The fourth-order valence-corrected chi connectivity index (χ4v) is 13.3. The third-order valence-electron chi connectivity index (χ3n) is 16.2. The van der Waals surface area contributed by atoms with E-state index < -0.39 is 51.4 Å². The van der Waals surface area contributed by atoms with Crippen molar-refractivity contribution in [3.05, 3.63) is 94.6 Å². The molecule has 0 aliphatic heterocycles. The van der Waals surface area contributed by atoms with Crippen molar-refractivity contribution in [2.45, 2.75) is 97.0 Å². The van der Waals surface area contributed by atoms with Crippen LogP contribution in [0.4, 0.5) is 0 Å². The molecule has 19 heteroatoms. The number of benzene rings is 3. The minimum absolute atomic E-state index is 0.0360. The summed E-state index contributed by atoms with van der Waals surface area (Å²) in [6.07, 6.45) is 5.62. The van der Waals surface area contributed by atoms with Gasteiger partial charge >= 0.3 is 5.97 Å². The number of Topliss-reactive ketones (excluding diaryl/α,β-unsaturated/α-hetero) is 1. The number of rotatable bonds is 20. The van der Waals surface area contributed by atoms with Crippen LogP contribution >= 0.6 is 0 Å². The molecule has 4 aromatic rings. The Balaban J connectivity index is 0.794. The van der Waals surface area contributed by atoms with Crippen LogP contribution in [-0.4, -0.2) is 122 Å². The number of ketones is 1. The molecule has 5 N–H and O–H groups in total. The van der Waals surface area contributed by atoms with Crippen LogP contribution in [0.25, 0.3) is 21.8 Å². The number of allylic oxidation sites excluding steroid dienone is 2. The van der Waals surface area contributed by atoms with Gasteiger partial charge in [-0.1, -0.05) is 48.8 Å². The van der Waals surface area contributed by atoms with Gasteiger partial charge in [-0.3, -0.25) is 14.4 Å². The standard InChI is InChI=1S/C54H66N4O14S/c1-33-26-34(27-35(31-69-4)49(33)72-51(64)47-39-10-5-7-12-42(39)58(22-9-25-73(66,67)68)43-13-8-6-11-40(43)47)50(63)56-21-24-70-23-20-55-46(62)32-71-57-37-16-18-52(2)36(28-37)14-15-38-41-17-19-54(65,45(61)30-59)53(41,3)29-44(60)48(38)52/h5-8,10-13,26-28,38,41,44,48,59-60,65H,9,14-25,29-32H2,1-4H3,(H2-,55,56,62,63,66,67,68)/b57-37+. The fraction of sp³-hybridized carbons (Fsp3) is 0.519. The average molecular weight is 1030 g/mol. The first-order chi connectivity index (χ1) is 34.8. The Morgan fingerprint density at radius 1 is 0.945 bits per heavy atom. The number of aliphatic hydroxyl groups excluding tert-OH is 2. The molecule has 7 atom stereocenters. The summed E-state index contributed by atoms with van der Waals surface area (Å²) < 4.78 is 53.3. The Morgan fingerprint density at radius 3 is 2.30 bits per heavy atom. The smallest absolute Gasteiger partial charge is 0.345 e. The van der Waals surface area contributed by atoms with E-state index in [9.17, 15) is 47.5 Å². The quantitative estimate of drug-likeness (QED) is 0.0157. The van der Waals surface area contributed by atoms with Crippen LogP contribution in [0.15, 0.2) is 77.5 Å². The minimum Gasteiger partial charge on any atom is -0.748 e. The zero-order chi connectivity index (χ0) is 52.3. The highest BCUT2D eigenvalue weighted by Crippen LogP contribution is 2.67. The predicted octanol–water partition coefficient (Wildman–Crippen LogP) is 4.35. The lowest BCUT2D eigenvalue weighted by Gasteiger charge is -2.60. The summed E-state index contributed by atoms with van der Waals surface area (Å²) in [7, 11) is -2.93. The second-order valence-corrected chi connectivity index (χ2v) is 22.0. The van der Waals surface area contributed by atoms with Crippen LogP contribution in [0.5, 0.6) is 5.75 Å². The number of hydrogen-bond acceptors (Lipinski definition) is 15. The lowest BCUT2D eigenvalue weighted by atomic mass is 9.45. The SMILES string of the molecule is COCc1cc(C(=O)NCCOCCNC(=O)CO/N=C2/C=C3CCC4C(C(O)CC5(C)C4CCC5(O)C(=O)CO)C3(C)CC2)cc(C)c1OC(=O)c1c2ccccc2[n+](CCCS(=O)(=O)[O-])c2ccccc12. The number of methoxy groups -OCH3 is 1. The molecule has 1 heterocycles. The van der Waals surface area contributed by atoms with E-state index in [1.165, 1.54) is 12.7 Å². The molecule has 4 aliphatic rings. The molecule has 0 spiro atoms. The molecule has 1 aromatic heterocycles. The van der Waals surface area contributed by atoms with E-state index >= 15 is 0 Å². The number of nitrogens with one attached hydrogen (secondary N) is 2. The van der Waals surface area contributed by atoms with Crippen molar-refractivity contribution in [1.29, 1.82) is 0 Å². The average Bonchev–Trinajstić information content (AvgIpc) is 3.63. The van der Waals surface area contributed by atoms with E-state index in [0.29, 0.717) is 69.7 Å². The number of hydrogen-bond donors (Lipinski definition) is 5. The third-order valence-corrected chi connectivity index (χ3v) is 17.0. The molecule has 8 rings (SSSR count). The Kier molecular flexibility index (Phi) is 16.2. The van der Waals surface area contributed by atoms with Crippen LogP contribution in [0.3, 0.4) is 0 Å². The van der Waals surface area contributed by atoms with Crippen molar-refractivity contribution in [1.82, 2.24) is 10.6 Å². The van der Waals surface area contributed by atoms with Gasteiger partial charge in [-0.2, -0.15) is 4.57 Å². The van der Waals surface area contributed by atoms with Gasteiger partial charge in [0.05, 0.1) is 58.1 Å². The van der Waals surface area contributed by atoms with Crippen molar-refractivity contribution in [2.75, 3.05) is 52.4 Å². The van der Waals surface area contributed by atoms with Crippen LogP contribution in [-0.2, 0) is 47.2 Å². The monoisotopic (exact) mass is 1030 g/mol. The molecular weight excluding hydrogens is 961 g/mol. The molecule has 3 saturated carbocycles. The largest absolute Gasteiger partial charge is 0.748 e. The molecule has 0 bridgehead atoms. The number of carbonyl (C=O) groups excluding carboxylic acids is 4. The van der Waals surface area contributed by atoms with E-state index in [4.69, 9.17) is 19.0 Å². The number of fused-ring (bicyclic) bond motifs is 7. The highest BCUT2D eigenvalue weighted by Gasteiger charge is 2.68. The summed E-state index contributed by atoms with van der Waals surface area (Å²) in [5.41, 5.74) is 2.10. The number of ether oxygens (including phenoxy) is 3. The molecule has 0 radical (unpaired) electrons. The van der Waals surface area contributed by atoms with Gasteiger partial charge < -0.3 is 49.6 Å². The van der Waals surface area contributed by atoms with Gasteiger partial charge in [-0.25, -0.2) is 13.2 Å². The van der Waals surface area contributed by atoms with Gasteiger partial charge in [0, 0.05) is 61.0 Å². The number of aryl methyl sites for hydroxylation is 2. The number of para-hydroxylation sites is 2. The molecule has 7 unspecified atom stereocenters. The van der Waals surface area contributed by atoms with E-state index in [1.807, 2.05) is 41.8 Å². The summed E-state index contributed by atoms with van der Waals surface area (Å²) in [6.45, 7) is 5.81. The summed E-state index contributed by atoms with van der Waals surface area (Å²) in [5, 5.41) is 43.8. The Hall–Kier alpha value is -5.67. The number of nitrogens with zero attached hydrogens (tertiary/aromatic N) is 2. The molecule has 3 fully saturated rings. The van der Waals surface area contributed by atoms with E-state index in [-0.39, 0.29) is 93.2 Å². The van der Waals surface area contributed by atoms with Crippen molar-refractivity contribution < 1.29 is 71.1 Å². The topological polar surface area (TPSA) is 263 Å². The second kappa shape index (κ2) is 22.0. The summed E-state index contributed by atoms with van der Waals surface area (Å²) >= 11 is 0. The van der Waals surface area contributed by atoms with Crippen LogP contribution in [0.1, 0.15) is 97.1 Å². The van der Waals surface area contributed by atoms with Crippen molar-refractivity contribution in [3.8, 4) is 5.75 Å². The molecule has 73 heavy (non-hydrogen) atoms. The minimum atomic E-state index is -4.42. The van der Waals surface area contributed by atoms with Gasteiger partial charge in [-0.15, -0.1) is 0 Å². The summed E-state index contributed by atoms with van der Waals surface area (Å²) in [6, 6.07) is 17.6. The Morgan fingerprint density at radius 2 is 1.63 bits per heavy atom. The number of esters is 1. The van der Waals surface area contributed by atoms with Crippen LogP contribution in [0, 0.1) is 35.5 Å². The third kappa shape index (κ3) is 10.8. The Labute approximate surface area is 424 Å². The molecule has 0 saturated heterocycles. The highest BCUT2D eigenvalue weighted by molar-refractivity contribution is 7.85. The van der Waals surface area contributed by atoms with E-state index in [2.05, 4.69) is 22.7 Å². The van der Waals surface area contributed by atoms with Crippen molar-refractivity contribution >= 4 is 61.2 Å². The first-order valence-electron chi connectivity index (χ1n) is 25.0. The maximum Gasteiger partial charge on any atom is 0.345 e. The molecule has 2 amide bonds. The molecule has 392 valence electrons.